The Morgan fingerprint density at radius 1 is 1.29 bits per heavy atom. The molecule has 0 spiro atoms. The minimum atomic E-state index is -4.18. The molecule has 0 aromatic heterocycles. The normalized spacial score (nSPS) is 10.3. The highest BCUT2D eigenvalue weighted by Crippen LogP contribution is 2.18. The first kappa shape index (κ1) is 12.9. The van der Waals surface area contributed by atoms with Crippen molar-refractivity contribution >= 4 is 15.8 Å². The largest absolute Gasteiger partial charge is 0.398 e. The zero-order chi connectivity index (χ0) is 11.4. The van der Waals surface area contributed by atoms with Crippen LogP contribution in [0.15, 0.2) is 23.1 Å². The Labute approximate surface area is 83.5 Å². The molecule has 0 aliphatic rings. The molecule has 0 bridgehead atoms. The fourth-order valence-corrected chi connectivity index (χ4v) is 1.57. The summed E-state index contributed by atoms with van der Waals surface area (Å²) < 4.78 is 30.0. The van der Waals surface area contributed by atoms with E-state index in [1.54, 1.807) is 13.0 Å². The lowest BCUT2D eigenvalue weighted by Crippen LogP contribution is -2.03. The third kappa shape index (κ3) is 3.33. The summed E-state index contributed by atoms with van der Waals surface area (Å²) in [5, 5.41) is 0. The summed E-state index contributed by atoms with van der Waals surface area (Å²) in [5.74, 6) is 0. The van der Waals surface area contributed by atoms with E-state index in [4.69, 9.17) is 10.3 Å². The van der Waals surface area contributed by atoms with E-state index in [1.807, 2.05) is 0 Å². The molecule has 6 heteroatoms. The van der Waals surface area contributed by atoms with Crippen LogP contribution in [0.25, 0.3) is 0 Å². The van der Waals surface area contributed by atoms with E-state index in [9.17, 15) is 8.42 Å². The van der Waals surface area contributed by atoms with Crippen LogP contribution in [-0.2, 0) is 10.1 Å². The first-order chi connectivity index (χ1) is 6.41. The average molecular weight is 218 g/mol. The van der Waals surface area contributed by atoms with Crippen LogP contribution in [0.1, 0.15) is 5.56 Å². The van der Waals surface area contributed by atoms with Crippen molar-refractivity contribution in [3.8, 4) is 0 Å². The summed E-state index contributed by atoms with van der Waals surface area (Å²) in [6, 6.07) is 4.44. The number of hydrogen-bond donors (Lipinski definition) is 3. The van der Waals surface area contributed by atoms with Gasteiger partial charge in [0.1, 0.15) is 4.90 Å². The predicted molar refractivity (Wildman–Crippen MR) is 55.5 cm³/mol. The molecule has 0 amide bonds. The second-order valence-corrected chi connectivity index (χ2v) is 3.91. The van der Waals surface area contributed by atoms with Gasteiger partial charge in [-0.2, -0.15) is 8.42 Å². The molecule has 0 aliphatic heterocycles. The second kappa shape index (κ2) is 4.94. The van der Waals surface area contributed by atoms with E-state index >= 15 is 0 Å². The van der Waals surface area contributed by atoms with Gasteiger partial charge in [0.25, 0.3) is 10.1 Å². The minimum Gasteiger partial charge on any atom is -0.398 e. The van der Waals surface area contributed by atoms with Gasteiger partial charge in [-0.25, -0.2) is 0 Å². The standard InChI is InChI=1S/C7H9NO3S.CH5N/c1-5-2-3-6(8)7(4-5)12(9,10)11;1-2/h2-4H,8H2,1H3,(H,9,10,11);2H2,1H3. The summed E-state index contributed by atoms with van der Waals surface area (Å²) in [4.78, 5) is -0.234. The first-order valence-corrected chi connectivity index (χ1v) is 5.26. The highest BCUT2D eigenvalue weighted by molar-refractivity contribution is 7.86. The van der Waals surface area contributed by atoms with E-state index in [2.05, 4.69) is 5.73 Å². The van der Waals surface area contributed by atoms with Gasteiger partial charge in [0.15, 0.2) is 0 Å². The Balaban J connectivity index is 0.000000791. The summed E-state index contributed by atoms with van der Waals surface area (Å²) in [6.07, 6.45) is 0. The lowest BCUT2D eigenvalue weighted by molar-refractivity contribution is 0.483. The lowest BCUT2D eigenvalue weighted by atomic mass is 10.2. The molecule has 0 unspecified atom stereocenters. The molecule has 0 aliphatic carbocycles. The first-order valence-electron chi connectivity index (χ1n) is 3.82. The Hall–Kier alpha value is -1.11. The maximum absolute atomic E-state index is 10.7. The molecular weight excluding hydrogens is 204 g/mol. The molecule has 5 N–H and O–H groups in total. The molecule has 1 rings (SSSR count). The summed E-state index contributed by atoms with van der Waals surface area (Å²) in [6.45, 7) is 1.72. The van der Waals surface area contributed by atoms with Gasteiger partial charge in [0, 0.05) is 0 Å². The molecule has 0 radical (unpaired) electrons. The van der Waals surface area contributed by atoms with Crippen molar-refractivity contribution in [2.75, 3.05) is 12.8 Å². The topological polar surface area (TPSA) is 106 Å². The van der Waals surface area contributed by atoms with Gasteiger partial charge in [0.2, 0.25) is 0 Å². The van der Waals surface area contributed by atoms with Crippen LogP contribution in [0.3, 0.4) is 0 Å². The van der Waals surface area contributed by atoms with E-state index in [1.165, 1.54) is 19.2 Å². The third-order valence-electron chi connectivity index (χ3n) is 1.45. The zero-order valence-corrected chi connectivity index (χ0v) is 8.88. The zero-order valence-electron chi connectivity index (χ0n) is 8.06. The number of nitrogen functional groups attached to an aromatic ring is 1. The predicted octanol–water partition coefficient (Wildman–Crippen LogP) is 0.399. The third-order valence-corrected chi connectivity index (χ3v) is 2.36. The molecule has 0 saturated carbocycles. The SMILES string of the molecule is CN.Cc1ccc(N)c(S(=O)(=O)O)c1. The molecule has 5 nitrogen and oxygen atoms in total. The Morgan fingerprint density at radius 2 is 1.79 bits per heavy atom. The molecule has 0 atom stereocenters. The maximum atomic E-state index is 10.7. The van der Waals surface area contributed by atoms with Gasteiger partial charge in [-0.3, -0.25) is 4.55 Å². The number of benzene rings is 1. The van der Waals surface area contributed by atoms with Crippen LogP contribution in [0, 0.1) is 6.92 Å². The quantitative estimate of drug-likeness (QED) is 0.467. The number of hydrogen-bond acceptors (Lipinski definition) is 4. The molecular formula is C8H14N2O3S. The van der Waals surface area contributed by atoms with E-state index in [-0.39, 0.29) is 10.6 Å². The molecule has 1 aromatic rings. The van der Waals surface area contributed by atoms with Crippen molar-refractivity contribution in [1.82, 2.24) is 0 Å². The average Bonchev–Trinajstić information content (AvgIpc) is 2.11. The fraction of sp³-hybridized carbons (Fsp3) is 0.250. The fourth-order valence-electron chi connectivity index (χ4n) is 0.865. The monoisotopic (exact) mass is 218 g/mol. The number of aryl methyl sites for hydroxylation is 1. The Kier molecular flexibility index (Phi) is 4.55. The van der Waals surface area contributed by atoms with Crippen LogP contribution in [0.2, 0.25) is 0 Å². The lowest BCUT2D eigenvalue weighted by Gasteiger charge is -2.02. The van der Waals surface area contributed by atoms with Crippen molar-refractivity contribution in [2.24, 2.45) is 5.73 Å². The van der Waals surface area contributed by atoms with Crippen LogP contribution >= 0.6 is 0 Å². The summed E-state index contributed by atoms with van der Waals surface area (Å²) in [5.41, 5.74) is 10.6. The van der Waals surface area contributed by atoms with Gasteiger partial charge in [-0.05, 0) is 31.7 Å². The van der Waals surface area contributed by atoms with Crippen molar-refractivity contribution in [3.63, 3.8) is 0 Å². The van der Waals surface area contributed by atoms with Crippen molar-refractivity contribution < 1.29 is 13.0 Å². The smallest absolute Gasteiger partial charge is 0.296 e. The molecule has 0 heterocycles. The summed E-state index contributed by atoms with van der Waals surface area (Å²) >= 11 is 0. The summed E-state index contributed by atoms with van der Waals surface area (Å²) in [7, 11) is -2.68. The van der Waals surface area contributed by atoms with Gasteiger partial charge in [-0.1, -0.05) is 6.07 Å². The van der Waals surface area contributed by atoms with Crippen LogP contribution < -0.4 is 11.5 Å². The number of nitrogens with two attached hydrogens (primary N) is 2. The van der Waals surface area contributed by atoms with Crippen molar-refractivity contribution in [3.05, 3.63) is 23.8 Å². The molecule has 0 fully saturated rings. The Morgan fingerprint density at radius 3 is 2.14 bits per heavy atom. The van der Waals surface area contributed by atoms with Gasteiger partial charge >= 0.3 is 0 Å². The van der Waals surface area contributed by atoms with Crippen molar-refractivity contribution in [1.29, 1.82) is 0 Å². The van der Waals surface area contributed by atoms with Crippen LogP contribution in [0.4, 0.5) is 5.69 Å². The maximum Gasteiger partial charge on any atom is 0.296 e. The van der Waals surface area contributed by atoms with Gasteiger partial charge in [-0.15, -0.1) is 0 Å². The molecule has 14 heavy (non-hydrogen) atoms. The minimum absolute atomic E-state index is 0.0584. The van der Waals surface area contributed by atoms with Crippen LogP contribution in [-0.4, -0.2) is 20.0 Å². The molecule has 1 aromatic carbocycles. The highest BCUT2D eigenvalue weighted by Gasteiger charge is 2.12. The van der Waals surface area contributed by atoms with Gasteiger partial charge < -0.3 is 11.5 Å². The van der Waals surface area contributed by atoms with Crippen LogP contribution in [0.5, 0.6) is 0 Å². The van der Waals surface area contributed by atoms with E-state index < -0.39 is 10.1 Å². The highest BCUT2D eigenvalue weighted by atomic mass is 32.2. The number of rotatable bonds is 1. The number of anilines is 1. The van der Waals surface area contributed by atoms with Crippen molar-refractivity contribution in [2.45, 2.75) is 11.8 Å². The molecule has 0 saturated heterocycles. The van der Waals surface area contributed by atoms with E-state index in [0.29, 0.717) is 0 Å². The molecule has 80 valence electrons. The van der Waals surface area contributed by atoms with Gasteiger partial charge in [0.05, 0.1) is 5.69 Å². The Bertz CT molecular complexity index is 401. The second-order valence-electron chi connectivity index (χ2n) is 2.52. The van der Waals surface area contributed by atoms with E-state index in [0.717, 1.165) is 5.56 Å².